The molecule has 81 heavy (non-hydrogen) atoms. The van der Waals surface area contributed by atoms with E-state index in [1.54, 1.807) is 0 Å². The molecule has 0 aliphatic heterocycles. The summed E-state index contributed by atoms with van der Waals surface area (Å²) in [6.07, 6.45) is 1.76. The molecule has 0 radical (unpaired) electrons. The van der Waals surface area contributed by atoms with Crippen molar-refractivity contribution in [3.05, 3.63) is 300 Å². The summed E-state index contributed by atoms with van der Waals surface area (Å²) in [5.41, 5.74) is 18.8. The number of para-hydroxylation sites is 6. The van der Waals surface area contributed by atoms with E-state index >= 15 is 0 Å². The Morgan fingerprint density at radius 1 is 0.296 bits per heavy atom. The molecule has 16 rings (SSSR count). The van der Waals surface area contributed by atoms with Crippen LogP contribution in [0.4, 0.5) is 34.1 Å². The monoisotopic (exact) mass is 1040 g/mol. The Morgan fingerprint density at radius 3 is 1.27 bits per heavy atom. The summed E-state index contributed by atoms with van der Waals surface area (Å²) in [5.74, 6) is 0. The van der Waals surface area contributed by atoms with Crippen LogP contribution in [-0.2, 0) is 18.3 Å². The molecular weight excluding hydrogens is 985 g/mol. The minimum Gasteiger partial charge on any atom is -0.454 e. The molecule has 4 heteroatoms. The number of rotatable bonds is 10. The summed E-state index contributed by atoms with van der Waals surface area (Å²) in [6.45, 7) is 4.40. The molecule has 0 saturated carbocycles. The average Bonchev–Trinajstić information content (AvgIpc) is 4.43. The van der Waals surface area contributed by atoms with Crippen LogP contribution in [0.2, 0.25) is 0 Å². The number of aryl methyl sites for hydroxylation is 2. The first-order valence-electron chi connectivity index (χ1n) is 28.4. The number of benzene rings is 13. The van der Waals surface area contributed by atoms with Crippen molar-refractivity contribution in [2.24, 2.45) is 0 Å². The van der Waals surface area contributed by atoms with Gasteiger partial charge in [0.25, 0.3) is 0 Å². The lowest BCUT2D eigenvalue weighted by Crippen LogP contribution is -2.29. The van der Waals surface area contributed by atoms with Crippen LogP contribution in [0.3, 0.4) is 0 Å². The smallest absolute Gasteiger partial charge is 0.159 e. The van der Waals surface area contributed by atoms with E-state index in [0.29, 0.717) is 0 Å². The quantitative estimate of drug-likeness (QED) is 0.128. The van der Waals surface area contributed by atoms with Crippen molar-refractivity contribution < 1.29 is 8.83 Å². The van der Waals surface area contributed by atoms with Crippen molar-refractivity contribution >= 4 is 110 Å². The van der Waals surface area contributed by atoms with Crippen molar-refractivity contribution in [3.63, 3.8) is 0 Å². The fourth-order valence-electron chi connectivity index (χ4n) is 14.0. The van der Waals surface area contributed by atoms with Gasteiger partial charge in [-0.05, 0) is 139 Å². The molecule has 0 saturated heterocycles. The highest BCUT2D eigenvalue weighted by atomic mass is 16.3. The van der Waals surface area contributed by atoms with Gasteiger partial charge in [0.15, 0.2) is 11.2 Å². The molecule has 0 bridgehead atoms. The van der Waals surface area contributed by atoms with E-state index in [2.05, 4.69) is 291 Å². The molecule has 13 aromatic carbocycles. The molecule has 4 nitrogen and oxygen atoms in total. The van der Waals surface area contributed by atoms with Crippen LogP contribution in [0, 0.1) is 0 Å². The number of furan rings is 2. The molecule has 0 unspecified atom stereocenters. The minimum absolute atomic E-state index is 0.796. The zero-order chi connectivity index (χ0) is 53.8. The Bertz CT molecular complexity index is 4920. The van der Waals surface area contributed by atoms with Gasteiger partial charge in [-0.2, -0.15) is 0 Å². The van der Waals surface area contributed by atoms with E-state index in [-0.39, 0.29) is 0 Å². The second kappa shape index (κ2) is 18.5. The normalized spacial score (nSPS) is 12.8. The van der Waals surface area contributed by atoms with Crippen LogP contribution in [0.5, 0.6) is 0 Å². The van der Waals surface area contributed by atoms with Gasteiger partial charge >= 0.3 is 0 Å². The number of hydrogen-bond acceptors (Lipinski definition) is 4. The van der Waals surface area contributed by atoms with Gasteiger partial charge < -0.3 is 18.6 Å². The average molecular weight is 1040 g/mol. The van der Waals surface area contributed by atoms with Crippen molar-refractivity contribution in [2.75, 3.05) is 9.80 Å². The van der Waals surface area contributed by atoms with Crippen LogP contribution < -0.4 is 9.80 Å². The SMILES string of the molecule is CCc1cccc2c1oc1c(N(c3ccccc3)c3ccc4c5c(c6ccccc6c4c3)-c3c(cc(N(c4ccccc4)c4cccc6c4oc4c(CC)cccc46)c4ccccc34)C5(c3ccccc3)c3ccccc3)cccc12. The second-order valence-electron chi connectivity index (χ2n) is 21.5. The summed E-state index contributed by atoms with van der Waals surface area (Å²) in [4.78, 5) is 4.84. The first-order valence-corrected chi connectivity index (χ1v) is 28.4. The number of fused-ring (bicyclic) bond motifs is 16. The topological polar surface area (TPSA) is 32.8 Å². The zero-order valence-electron chi connectivity index (χ0n) is 45.0. The first-order chi connectivity index (χ1) is 40.1. The molecule has 0 fully saturated rings. The third-order valence-corrected chi connectivity index (χ3v) is 17.4. The first kappa shape index (κ1) is 46.9. The summed E-state index contributed by atoms with van der Waals surface area (Å²) < 4.78 is 14.2. The highest BCUT2D eigenvalue weighted by molar-refractivity contribution is 6.24. The molecule has 384 valence electrons. The Morgan fingerprint density at radius 2 is 0.728 bits per heavy atom. The van der Waals surface area contributed by atoms with Crippen molar-refractivity contribution in [3.8, 4) is 11.1 Å². The van der Waals surface area contributed by atoms with E-state index < -0.39 is 5.41 Å². The highest BCUT2D eigenvalue weighted by Crippen LogP contribution is 2.64. The Kier molecular flexibility index (Phi) is 10.7. The molecule has 1 aliphatic carbocycles. The Labute approximate surface area is 470 Å². The molecular formula is C77H54N2O2. The van der Waals surface area contributed by atoms with E-state index in [4.69, 9.17) is 8.83 Å². The van der Waals surface area contributed by atoms with Crippen LogP contribution in [0.25, 0.3) is 87.3 Å². The number of hydrogen-bond donors (Lipinski definition) is 0. The predicted molar refractivity (Wildman–Crippen MR) is 339 cm³/mol. The fraction of sp³-hybridized carbons (Fsp3) is 0.0649. The maximum absolute atomic E-state index is 7.14. The van der Waals surface area contributed by atoms with E-state index in [1.807, 2.05) is 0 Å². The van der Waals surface area contributed by atoms with Crippen LogP contribution >= 0.6 is 0 Å². The maximum Gasteiger partial charge on any atom is 0.159 e. The van der Waals surface area contributed by atoms with E-state index in [0.717, 1.165) is 96.2 Å². The van der Waals surface area contributed by atoms with Crippen LogP contribution in [-0.4, -0.2) is 0 Å². The molecule has 0 amide bonds. The number of nitrogens with zero attached hydrogens (tertiary/aromatic N) is 2. The molecule has 2 aromatic heterocycles. The second-order valence-corrected chi connectivity index (χ2v) is 21.5. The third kappa shape index (κ3) is 6.84. The predicted octanol–water partition coefficient (Wildman–Crippen LogP) is 21.4. The zero-order valence-corrected chi connectivity index (χ0v) is 45.0. The standard InChI is InChI=1S/C77H54N2O2/c1-3-49-25-21-39-61-63-41-23-43-67(75(63)80-73(49)61)78(53-31-13-7-14-32-53)55-45-46-60-65(47-55)56-35-17-19-37-58(56)71-70-59-38-20-18-36-57(59)69(48-66(70)77(72(60)71,51-27-9-5-10-28-51)52-29-11-6-12-30-52)79(54-33-15-8-16-34-54)68-44-24-42-64-62-40-22-26-50(4-2)74(62)81-76(64)68/h5-48H,3-4H2,1-2H3. The van der Waals surface area contributed by atoms with Crippen molar-refractivity contribution in [1.82, 2.24) is 0 Å². The Hall–Kier alpha value is -10.2. The van der Waals surface area contributed by atoms with Crippen molar-refractivity contribution in [1.29, 1.82) is 0 Å². The van der Waals surface area contributed by atoms with Gasteiger partial charge in [-0.1, -0.05) is 226 Å². The molecule has 2 heterocycles. The Balaban J connectivity index is 1.03. The molecule has 1 aliphatic rings. The summed E-state index contributed by atoms with van der Waals surface area (Å²) in [5, 5.41) is 11.6. The fourth-order valence-corrected chi connectivity index (χ4v) is 14.0. The van der Waals surface area contributed by atoms with Gasteiger partial charge in [0.2, 0.25) is 0 Å². The van der Waals surface area contributed by atoms with Crippen LogP contribution in [0.1, 0.15) is 47.2 Å². The van der Waals surface area contributed by atoms with Gasteiger partial charge in [0.05, 0.1) is 22.5 Å². The minimum atomic E-state index is -0.796. The molecule has 0 spiro atoms. The van der Waals surface area contributed by atoms with Gasteiger partial charge in [-0.3, -0.25) is 0 Å². The van der Waals surface area contributed by atoms with Gasteiger partial charge in [-0.15, -0.1) is 0 Å². The van der Waals surface area contributed by atoms with E-state index in [9.17, 15) is 0 Å². The lowest BCUT2D eigenvalue weighted by molar-refractivity contribution is 0.663. The lowest BCUT2D eigenvalue weighted by atomic mass is 9.66. The van der Waals surface area contributed by atoms with E-state index in [1.165, 1.54) is 71.4 Å². The maximum atomic E-state index is 7.14. The third-order valence-electron chi connectivity index (χ3n) is 17.4. The largest absolute Gasteiger partial charge is 0.454 e. The van der Waals surface area contributed by atoms with Crippen LogP contribution in [0.15, 0.2) is 276 Å². The number of anilines is 6. The molecule has 0 N–H and O–H groups in total. The lowest BCUT2D eigenvalue weighted by Gasteiger charge is -2.36. The highest BCUT2D eigenvalue weighted by Gasteiger charge is 2.49. The summed E-state index contributed by atoms with van der Waals surface area (Å²) >= 11 is 0. The molecule has 15 aromatic rings. The van der Waals surface area contributed by atoms with Crippen molar-refractivity contribution in [2.45, 2.75) is 32.1 Å². The van der Waals surface area contributed by atoms with Gasteiger partial charge in [0, 0.05) is 44.0 Å². The summed E-state index contributed by atoms with van der Waals surface area (Å²) in [7, 11) is 0. The van der Waals surface area contributed by atoms with Gasteiger partial charge in [-0.25, -0.2) is 0 Å². The molecule has 0 atom stereocenters. The summed E-state index contributed by atoms with van der Waals surface area (Å²) in [6, 6.07) is 98.4. The van der Waals surface area contributed by atoms with Gasteiger partial charge in [0.1, 0.15) is 11.2 Å².